The van der Waals surface area contributed by atoms with E-state index in [9.17, 15) is 9.59 Å². The minimum atomic E-state index is -0.199. The zero-order valence-corrected chi connectivity index (χ0v) is 17.2. The molecule has 0 N–H and O–H groups in total. The summed E-state index contributed by atoms with van der Waals surface area (Å²) >= 11 is 1.57. The summed E-state index contributed by atoms with van der Waals surface area (Å²) in [6.45, 7) is 13.3. The highest BCUT2D eigenvalue weighted by molar-refractivity contribution is 8.05. The molecule has 4 atom stereocenters. The number of fused-ring (bicyclic) bond motifs is 4. The molecule has 4 aliphatic rings. The lowest BCUT2D eigenvalue weighted by molar-refractivity contribution is -0.126. The number of carbonyl (C=O) groups excluding carboxylic acids is 2. The van der Waals surface area contributed by atoms with E-state index < -0.39 is 0 Å². The van der Waals surface area contributed by atoms with Crippen molar-refractivity contribution in [2.24, 2.45) is 33.5 Å². The standard InChI is InChI=1S/C22H30O2S/c1-19(2)15-7-9-21(19,5)17(23)13(15)11-25-12-14-16-8-10-22(6,18(14)24)20(16,3)4/h11-12,15-16H,7-10H2,1-6H3/b13-11-,14-12-/t15-,16+,21-,22-/m1/s1. The number of Topliss-reactive ketones (excluding diaryl/α,β-unsaturated/α-hetero) is 2. The number of rotatable bonds is 2. The minimum absolute atomic E-state index is 0.0569. The molecule has 0 heterocycles. The number of hydrogen-bond donors (Lipinski definition) is 0. The zero-order valence-electron chi connectivity index (χ0n) is 16.4. The molecular formula is C22H30O2S. The minimum Gasteiger partial charge on any atom is -0.294 e. The molecule has 136 valence electrons. The molecule has 4 saturated carbocycles. The normalized spacial score (nSPS) is 46.8. The van der Waals surface area contributed by atoms with Gasteiger partial charge in [0.25, 0.3) is 0 Å². The summed E-state index contributed by atoms with van der Waals surface area (Å²) in [5, 5.41) is 4.11. The van der Waals surface area contributed by atoms with Gasteiger partial charge < -0.3 is 0 Å². The average molecular weight is 359 g/mol. The van der Waals surface area contributed by atoms with E-state index in [4.69, 9.17) is 0 Å². The molecule has 0 aromatic heterocycles. The Morgan fingerprint density at radius 1 is 0.760 bits per heavy atom. The Balaban J connectivity index is 1.60. The van der Waals surface area contributed by atoms with Crippen molar-refractivity contribution in [1.82, 2.24) is 0 Å². The number of hydrogen-bond acceptors (Lipinski definition) is 3. The van der Waals surface area contributed by atoms with Gasteiger partial charge in [0.05, 0.1) is 0 Å². The fraction of sp³-hybridized carbons (Fsp3) is 0.727. The van der Waals surface area contributed by atoms with Gasteiger partial charge in [-0.15, -0.1) is 11.8 Å². The monoisotopic (exact) mass is 358 g/mol. The van der Waals surface area contributed by atoms with Crippen molar-refractivity contribution >= 4 is 23.3 Å². The van der Waals surface area contributed by atoms with Gasteiger partial charge in [-0.2, -0.15) is 0 Å². The molecule has 0 unspecified atom stereocenters. The Labute approximate surface area is 155 Å². The average Bonchev–Trinajstić information content (AvgIpc) is 3.01. The van der Waals surface area contributed by atoms with Crippen LogP contribution in [0.3, 0.4) is 0 Å². The molecule has 0 radical (unpaired) electrons. The van der Waals surface area contributed by atoms with Gasteiger partial charge in [0.15, 0.2) is 11.6 Å². The van der Waals surface area contributed by atoms with Crippen molar-refractivity contribution < 1.29 is 9.59 Å². The first kappa shape index (κ1) is 17.6. The summed E-state index contributed by atoms with van der Waals surface area (Å²) in [5.41, 5.74) is 1.72. The highest BCUT2D eigenvalue weighted by Gasteiger charge is 2.65. The molecule has 4 aliphatic carbocycles. The predicted molar refractivity (Wildman–Crippen MR) is 103 cm³/mol. The largest absolute Gasteiger partial charge is 0.294 e. The van der Waals surface area contributed by atoms with Crippen LogP contribution in [-0.2, 0) is 9.59 Å². The van der Waals surface area contributed by atoms with E-state index in [0.717, 1.165) is 36.8 Å². The Bertz CT molecular complexity index is 679. The van der Waals surface area contributed by atoms with Gasteiger partial charge in [-0.1, -0.05) is 41.5 Å². The van der Waals surface area contributed by atoms with Crippen molar-refractivity contribution in [2.75, 3.05) is 0 Å². The van der Waals surface area contributed by atoms with Crippen LogP contribution in [0.2, 0.25) is 0 Å². The van der Waals surface area contributed by atoms with Gasteiger partial charge >= 0.3 is 0 Å². The first-order valence-corrected chi connectivity index (χ1v) is 10.6. The van der Waals surface area contributed by atoms with Crippen molar-refractivity contribution in [3.63, 3.8) is 0 Å². The molecule has 0 aliphatic heterocycles. The lowest BCUT2D eigenvalue weighted by Crippen LogP contribution is -2.32. The van der Waals surface area contributed by atoms with Crippen LogP contribution >= 0.6 is 11.8 Å². The SMILES string of the molecule is CC1(C)[C@@H]2CC[C@]1(C)C(=O)/C2=C\S/C=C1\C(=O)[C@@]2(C)CC[C@@H]1C2(C)C. The summed E-state index contributed by atoms with van der Waals surface area (Å²) in [6.07, 6.45) is 4.26. The quantitative estimate of drug-likeness (QED) is 0.608. The molecule has 4 rings (SSSR count). The predicted octanol–water partition coefficient (Wildman–Crippen LogP) is 5.54. The van der Waals surface area contributed by atoms with Gasteiger partial charge in [-0.25, -0.2) is 0 Å². The third-order valence-electron chi connectivity index (χ3n) is 9.12. The lowest BCUT2D eigenvalue weighted by Gasteiger charge is -2.31. The fourth-order valence-corrected chi connectivity index (χ4v) is 7.21. The molecule has 0 spiro atoms. The first-order valence-electron chi connectivity index (χ1n) is 9.64. The summed E-state index contributed by atoms with van der Waals surface area (Å²) in [7, 11) is 0. The van der Waals surface area contributed by atoms with E-state index >= 15 is 0 Å². The molecule has 2 nitrogen and oxygen atoms in total. The van der Waals surface area contributed by atoms with Crippen molar-refractivity contribution in [3.05, 3.63) is 22.0 Å². The molecule has 25 heavy (non-hydrogen) atoms. The first-order chi connectivity index (χ1) is 11.5. The Morgan fingerprint density at radius 3 is 1.40 bits per heavy atom. The summed E-state index contributed by atoms with van der Waals surface area (Å²) in [5.74, 6) is 1.43. The maximum absolute atomic E-state index is 12.9. The molecule has 3 heteroatoms. The molecule has 0 aromatic rings. The van der Waals surface area contributed by atoms with Gasteiger partial charge in [-0.3, -0.25) is 9.59 Å². The third kappa shape index (κ3) is 1.84. The highest BCUT2D eigenvalue weighted by Crippen LogP contribution is 2.67. The van der Waals surface area contributed by atoms with Gasteiger partial charge in [-0.05, 0) is 59.2 Å². The maximum atomic E-state index is 12.9. The second-order valence-electron chi connectivity index (χ2n) is 10.2. The van der Waals surface area contributed by atoms with Crippen LogP contribution in [0.1, 0.15) is 67.2 Å². The van der Waals surface area contributed by atoms with E-state index in [1.807, 2.05) is 0 Å². The second-order valence-corrected chi connectivity index (χ2v) is 11.0. The molecular weight excluding hydrogens is 328 g/mol. The second kappa shape index (κ2) is 4.91. The smallest absolute Gasteiger partial charge is 0.166 e. The summed E-state index contributed by atoms with van der Waals surface area (Å²) in [4.78, 5) is 25.8. The van der Waals surface area contributed by atoms with Crippen LogP contribution in [0.5, 0.6) is 0 Å². The zero-order chi connectivity index (χ0) is 18.4. The van der Waals surface area contributed by atoms with Gasteiger partial charge in [0.2, 0.25) is 0 Å². The lowest BCUT2D eigenvalue weighted by atomic mass is 9.70. The molecule has 0 saturated heterocycles. The van der Waals surface area contributed by atoms with Gasteiger partial charge in [0.1, 0.15) is 0 Å². The summed E-state index contributed by atoms with van der Waals surface area (Å²) < 4.78 is 0. The van der Waals surface area contributed by atoms with E-state index in [-0.39, 0.29) is 21.7 Å². The number of allylic oxidation sites excluding steroid dienone is 2. The molecule has 4 fully saturated rings. The van der Waals surface area contributed by atoms with Crippen molar-refractivity contribution in [3.8, 4) is 0 Å². The van der Waals surface area contributed by atoms with Crippen LogP contribution in [0.4, 0.5) is 0 Å². The summed E-state index contributed by atoms with van der Waals surface area (Å²) in [6, 6.07) is 0. The Morgan fingerprint density at radius 2 is 1.12 bits per heavy atom. The number of thioether (sulfide) groups is 1. The van der Waals surface area contributed by atoms with Crippen LogP contribution in [-0.4, -0.2) is 11.6 Å². The Hall–Kier alpha value is -0.830. The number of ketones is 2. The number of carbonyl (C=O) groups is 2. The highest BCUT2D eigenvalue weighted by atomic mass is 32.2. The van der Waals surface area contributed by atoms with Crippen LogP contribution < -0.4 is 0 Å². The van der Waals surface area contributed by atoms with E-state index in [1.54, 1.807) is 11.8 Å². The van der Waals surface area contributed by atoms with Crippen LogP contribution in [0.25, 0.3) is 0 Å². The van der Waals surface area contributed by atoms with Crippen LogP contribution in [0, 0.1) is 33.5 Å². The molecule has 4 bridgehead atoms. The van der Waals surface area contributed by atoms with Gasteiger partial charge in [0, 0.05) is 22.0 Å². The van der Waals surface area contributed by atoms with E-state index in [2.05, 4.69) is 52.4 Å². The Kier molecular flexibility index (Phi) is 3.45. The van der Waals surface area contributed by atoms with Crippen LogP contribution in [0.15, 0.2) is 22.0 Å². The third-order valence-corrected chi connectivity index (χ3v) is 9.90. The van der Waals surface area contributed by atoms with E-state index in [0.29, 0.717) is 23.4 Å². The fourth-order valence-electron chi connectivity index (χ4n) is 6.31. The van der Waals surface area contributed by atoms with E-state index in [1.165, 1.54) is 0 Å². The molecule has 0 aromatic carbocycles. The maximum Gasteiger partial charge on any atom is 0.166 e. The van der Waals surface area contributed by atoms with Crippen molar-refractivity contribution in [2.45, 2.75) is 67.2 Å². The topological polar surface area (TPSA) is 34.1 Å². The molecule has 0 amide bonds. The van der Waals surface area contributed by atoms with Crippen molar-refractivity contribution in [1.29, 1.82) is 0 Å².